The standard InChI is InChI=1S/C4H4FNO2S2/c5-3-1-9-2-4(3)10(6,7)8/h1-2H,(H2,6,7,8). The largest absolute Gasteiger partial charge is 0.241 e. The summed E-state index contributed by atoms with van der Waals surface area (Å²) in [5, 5.41) is 6.88. The Labute approximate surface area is 61.3 Å². The Kier molecular flexibility index (Phi) is 1.76. The van der Waals surface area contributed by atoms with Crippen LogP contribution in [0.5, 0.6) is 0 Å². The highest BCUT2D eigenvalue weighted by molar-refractivity contribution is 7.89. The SMILES string of the molecule is NS(=O)(=O)c1cscc1F. The summed E-state index contributed by atoms with van der Waals surface area (Å²) in [6, 6.07) is 0. The lowest BCUT2D eigenvalue weighted by Gasteiger charge is -1.89. The fourth-order valence-electron chi connectivity index (χ4n) is 0.473. The maximum absolute atomic E-state index is 12.4. The van der Waals surface area contributed by atoms with Crippen molar-refractivity contribution in [1.29, 1.82) is 0 Å². The van der Waals surface area contributed by atoms with Gasteiger partial charge in [0, 0.05) is 10.8 Å². The van der Waals surface area contributed by atoms with Crippen LogP contribution in [0.15, 0.2) is 15.7 Å². The summed E-state index contributed by atoms with van der Waals surface area (Å²) in [6.07, 6.45) is 0. The van der Waals surface area contributed by atoms with Crippen LogP contribution in [-0.4, -0.2) is 8.42 Å². The van der Waals surface area contributed by atoms with Gasteiger partial charge in [0.25, 0.3) is 0 Å². The molecule has 0 saturated carbocycles. The molecule has 6 heteroatoms. The third kappa shape index (κ3) is 1.34. The quantitative estimate of drug-likeness (QED) is 0.687. The second-order valence-corrected chi connectivity index (χ2v) is 3.90. The van der Waals surface area contributed by atoms with Crippen molar-refractivity contribution in [2.75, 3.05) is 0 Å². The number of primary sulfonamides is 1. The highest BCUT2D eigenvalue weighted by Crippen LogP contribution is 2.16. The lowest BCUT2D eigenvalue weighted by atomic mass is 10.6. The maximum atomic E-state index is 12.4. The van der Waals surface area contributed by atoms with Gasteiger partial charge >= 0.3 is 0 Å². The number of sulfonamides is 1. The Hall–Kier alpha value is -0.460. The van der Waals surface area contributed by atoms with Crippen LogP contribution in [0.3, 0.4) is 0 Å². The summed E-state index contributed by atoms with van der Waals surface area (Å²) >= 11 is 0.959. The van der Waals surface area contributed by atoms with Crippen LogP contribution in [0.25, 0.3) is 0 Å². The molecule has 0 unspecified atom stereocenters. The van der Waals surface area contributed by atoms with Gasteiger partial charge in [-0.25, -0.2) is 17.9 Å². The van der Waals surface area contributed by atoms with Crippen molar-refractivity contribution in [3.63, 3.8) is 0 Å². The Morgan fingerprint density at radius 2 is 2.10 bits per heavy atom. The first-order chi connectivity index (χ1) is 4.52. The van der Waals surface area contributed by atoms with E-state index in [0.717, 1.165) is 22.1 Å². The molecule has 0 radical (unpaired) electrons. The number of rotatable bonds is 1. The van der Waals surface area contributed by atoms with E-state index in [0.29, 0.717) is 0 Å². The molecule has 0 saturated heterocycles. The number of hydrogen-bond donors (Lipinski definition) is 1. The Morgan fingerprint density at radius 3 is 2.30 bits per heavy atom. The van der Waals surface area contributed by atoms with Crippen LogP contribution < -0.4 is 5.14 Å². The normalized spacial score (nSPS) is 11.8. The number of nitrogens with two attached hydrogens (primary N) is 1. The molecule has 0 aromatic carbocycles. The first kappa shape index (κ1) is 7.64. The Balaban J connectivity index is 3.32. The lowest BCUT2D eigenvalue weighted by Crippen LogP contribution is -2.12. The van der Waals surface area contributed by atoms with Gasteiger partial charge in [0.05, 0.1) is 0 Å². The second-order valence-electron chi connectivity index (χ2n) is 1.63. The maximum Gasteiger partial charge on any atom is 0.241 e. The zero-order chi connectivity index (χ0) is 7.78. The Morgan fingerprint density at radius 1 is 1.50 bits per heavy atom. The smallest absolute Gasteiger partial charge is 0.225 e. The molecule has 10 heavy (non-hydrogen) atoms. The molecule has 1 aromatic heterocycles. The zero-order valence-electron chi connectivity index (χ0n) is 4.74. The van der Waals surface area contributed by atoms with E-state index in [9.17, 15) is 12.8 Å². The van der Waals surface area contributed by atoms with E-state index in [2.05, 4.69) is 5.14 Å². The molecule has 1 heterocycles. The first-order valence-corrected chi connectivity index (χ1v) is 4.75. The molecule has 0 aliphatic carbocycles. The fourth-order valence-corrected chi connectivity index (χ4v) is 2.13. The van der Waals surface area contributed by atoms with E-state index in [-0.39, 0.29) is 0 Å². The fraction of sp³-hybridized carbons (Fsp3) is 0. The van der Waals surface area contributed by atoms with Gasteiger partial charge in [-0.15, -0.1) is 11.3 Å². The van der Waals surface area contributed by atoms with E-state index in [1.54, 1.807) is 0 Å². The summed E-state index contributed by atoms with van der Waals surface area (Å²) in [6.45, 7) is 0. The lowest BCUT2D eigenvalue weighted by molar-refractivity contribution is 0.572. The summed E-state index contributed by atoms with van der Waals surface area (Å²) in [7, 11) is -3.85. The monoisotopic (exact) mass is 181 g/mol. The van der Waals surface area contributed by atoms with Crippen LogP contribution in [0.2, 0.25) is 0 Å². The minimum Gasteiger partial charge on any atom is -0.225 e. The molecular formula is C4H4FNO2S2. The van der Waals surface area contributed by atoms with E-state index in [1.165, 1.54) is 0 Å². The summed E-state index contributed by atoms with van der Waals surface area (Å²) in [5.74, 6) is -0.785. The molecule has 1 rings (SSSR count). The van der Waals surface area contributed by atoms with Crippen molar-refractivity contribution in [1.82, 2.24) is 0 Å². The van der Waals surface area contributed by atoms with Gasteiger partial charge in [-0.05, 0) is 0 Å². The molecule has 3 nitrogen and oxygen atoms in total. The first-order valence-electron chi connectivity index (χ1n) is 2.26. The average Bonchev–Trinajstić information content (AvgIpc) is 2.11. The van der Waals surface area contributed by atoms with Gasteiger partial charge < -0.3 is 0 Å². The van der Waals surface area contributed by atoms with Gasteiger partial charge in [0.2, 0.25) is 10.0 Å². The van der Waals surface area contributed by atoms with E-state index in [4.69, 9.17) is 0 Å². The minimum atomic E-state index is -3.85. The van der Waals surface area contributed by atoms with Crippen LogP contribution >= 0.6 is 11.3 Å². The van der Waals surface area contributed by atoms with Crippen molar-refractivity contribution < 1.29 is 12.8 Å². The van der Waals surface area contributed by atoms with Gasteiger partial charge in [-0.2, -0.15) is 0 Å². The highest BCUT2D eigenvalue weighted by Gasteiger charge is 2.13. The van der Waals surface area contributed by atoms with Crippen molar-refractivity contribution in [2.45, 2.75) is 4.90 Å². The Bertz CT molecular complexity index is 329. The molecule has 0 atom stereocenters. The minimum absolute atomic E-state index is 0.433. The van der Waals surface area contributed by atoms with E-state index in [1.807, 2.05) is 0 Å². The molecule has 0 fully saturated rings. The van der Waals surface area contributed by atoms with Crippen molar-refractivity contribution in [2.24, 2.45) is 5.14 Å². The van der Waals surface area contributed by atoms with Crippen molar-refractivity contribution in [3.05, 3.63) is 16.6 Å². The third-order valence-corrected chi connectivity index (χ3v) is 2.68. The van der Waals surface area contributed by atoms with Crippen molar-refractivity contribution in [3.8, 4) is 0 Å². The van der Waals surface area contributed by atoms with Gasteiger partial charge in [0.15, 0.2) is 5.82 Å². The molecular weight excluding hydrogens is 177 g/mol. The molecule has 0 bridgehead atoms. The van der Waals surface area contributed by atoms with E-state index >= 15 is 0 Å². The highest BCUT2D eigenvalue weighted by atomic mass is 32.2. The second kappa shape index (κ2) is 2.30. The predicted molar refractivity (Wildman–Crippen MR) is 35.7 cm³/mol. The molecule has 2 N–H and O–H groups in total. The third-order valence-electron chi connectivity index (χ3n) is 0.889. The average molecular weight is 181 g/mol. The number of thiophene rings is 1. The zero-order valence-corrected chi connectivity index (χ0v) is 6.38. The van der Waals surface area contributed by atoms with Gasteiger partial charge in [-0.1, -0.05) is 0 Å². The van der Waals surface area contributed by atoms with E-state index < -0.39 is 20.7 Å². The molecule has 0 aliphatic rings. The van der Waals surface area contributed by atoms with Crippen LogP contribution in [0, 0.1) is 5.82 Å². The number of hydrogen-bond acceptors (Lipinski definition) is 3. The summed E-state index contributed by atoms with van der Waals surface area (Å²) in [5.41, 5.74) is 0. The van der Waals surface area contributed by atoms with Crippen LogP contribution in [0.4, 0.5) is 4.39 Å². The molecule has 0 amide bonds. The molecule has 0 aliphatic heterocycles. The van der Waals surface area contributed by atoms with Crippen molar-refractivity contribution >= 4 is 21.4 Å². The van der Waals surface area contributed by atoms with Gasteiger partial charge in [0.1, 0.15) is 4.90 Å². The molecule has 1 aromatic rings. The molecule has 0 spiro atoms. The predicted octanol–water partition coefficient (Wildman–Crippen LogP) is 0.535. The van der Waals surface area contributed by atoms with Crippen LogP contribution in [0.1, 0.15) is 0 Å². The summed E-state index contributed by atoms with van der Waals surface area (Å²) < 4.78 is 33.3. The number of halogens is 1. The topological polar surface area (TPSA) is 60.2 Å². The van der Waals surface area contributed by atoms with Gasteiger partial charge in [-0.3, -0.25) is 0 Å². The summed E-state index contributed by atoms with van der Waals surface area (Å²) in [4.78, 5) is -0.433. The van der Waals surface area contributed by atoms with Crippen LogP contribution in [-0.2, 0) is 10.0 Å². The molecule has 56 valence electrons.